The number of aryl methyl sites for hydroxylation is 1. The molecule has 1 aromatic carbocycles. The summed E-state index contributed by atoms with van der Waals surface area (Å²) in [5, 5.41) is 11.7. The Hall–Kier alpha value is -2.41. The van der Waals surface area contributed by atoms with Crippen molar-refractivity contribution in [3.05, 3.63) is 28.6 Å². The number of fused-ring (bicyclic) bond motifs is 1. The summed E-state index contributed by atoms with van der Waals surface area (Å²) in [4.78, 5) is 28.7. The summed E-state index contributed by atoms with van der Waals surface area (Å²) in [5.74, 6) is -0.590. The Morgan fingerprint density at radius 1 is 1.50 bits per heavy atom. The number of anilines is 1. The van der Waals surface area contributed by atoms with Gasteiger partial charge in [0.2, 0.25) is 0 Å². The quantitative estimate of drug-likeness (QED) is 0.936. The van der Waals surface area contributed by atoms with Gasteiger partial charge in [0.15, 0.2) is 6.61 Å². The first-order valence-corrected chi connectivity index (χ1v) is 7.64. The standard InChI is InChI=1S/C15H14N2O4S/c1-9-16-11(8-22-9)10-2-3-13-12(6-10)17(5-4-15(19)20)14(18)7-21-13/h2-3,6,8H,4-5,7H2,1H3,(H,19,20). The predicted octanol–water partition coefficient (Wildman–Crippen LogP) is 2.32. The summed E-state index contributed by atoms with van der Waals surface area (Å²) < 4.78 is 5.41. The van der Waals surface area contributed by atoms with Crippen LogP contribution in [0.2, 0.25) is 0 Å². The molecule has 2 aromatic rings. The Kier molecular flexibility index (Phi) is 3.81. The molecule has 0 saturated carbocycles. The second-order valence-electron chi connectivity index (χ2n) is 4.91. The van der Waals surface area contributed by atoms with Crippen LogP contribution in [0.3, 0.4) is 0 Å². The average molecular weight is 318 g/mol. The molecule has 0 spiro atoms. The number of carbonyl (C=O) groups excluding carboxylic acids is 1. The highest BCUT2D eigenvalue weighted by Crippen LogP contribution is 2.36. The second-order valence-corrected chi connectivity index (χ2v) is 5.97. The molecule has 0 atom stereocenters. The van der Waals surface area contributed by atoms with E-state index in [1.807, 2.05) is 24.4 Å². The van der Waals surface area contributed by atoms with Gasteiger partial charge in [-0.15, -0.1) is 11.3 Å². The molecule has 1 N–H and O–H groups in total. The number of thiazole rings is 1. The van der Waals surface area contributed by atoms with Crippen LogP contribution in [0.4, 0.5) is 5.69 Å². The van der Waals surface area contributed by atoms with Crippen molar-refractivity contribution in [2.75, 3.05) is 18.1 Å². The van der Waals surface area contributed by atoms with Gasteiger partial charge in [-0.25, -0.2) is 4.98 Å². The van der Waals surface area contributed by atoms with E-state index >= 15 is 0 Å². The van der Waals surface area contributed by atoms with E-state index < -0.39 is 5.97 Å². The summed E-state index contributed by atoms with van der Waals surface area (Å²) >= 11 is 1.55. The molecule has 0 unspecified atom stereocenters. The molecule has 0 fully saturated rings. The molecule has 3 rings (SSSR count). The van der Waals surface area contributed by atoms with E-state index in [9.17, 15) is 9.59 Å². The van der Waals surface area contributed by atoms with Gasteiger partial charge in [-0.3, -0.25) is 9.59 Å². The fraction of sp³-hybridized carbons (Fsp3) is 0.267. The molecule has 1 amide bonds. The van der Waals surface area contributed by atoms with E-state index in [0.717, 1.165) is 16.3 Å². The largest absolute Gasteiger partial charge is 0.482 e. The van der Waals surface area contributed by atoms with Crippen molar-refractivity contribution in [3.8, 4) is 17.0 Å². The molecule has 114 valence electrons. The van der Waals surface area contributed by atoms with Crippen LogP contribution in [-0.2, 0) is 9.59 Å². The fourth-order valence-electron chi connectivity index (χ4n) is 2.31. The molecule has 1 aromatic heterocycles. The number of aliphatic carboxylic acids is 1. The molecule has 2 heterocycles. The van der Waals surface area contributed by atoms with Crippen molar-refractivity contribution in [2.24, 2.45) is 0 Å². The lowest BCUT2D eigenvalue weighted by atomic mass is 10.1. The van der Waals surface area contributed by atoms with Gasteiger partial charge in [0, 0.05) is 17.5 Å². The number of ether oxygens (including phenoxy) is 1. The monoisotopic (exact) mass is 318 g/mol. The highest BCUT2D eigenvalue weighted by molar-refractivity contribution is 7.09. The lowest BCUT2D eigenvalue weighted by Crippen LogP contribution is -2.40. The number of carboxylic acids is 1. The van der Waals surface area contributed by atoms with Gasteiger partial charge in [-0.1, -0.05) is 0 Å². The first-order chi connectivity index (χ1) is 10.5. The van der Waals surface area contributed by atoms with E-state index in [4.69, 9.17) is 9.84 Å². The number of rotatable bonds is 4. The number of nitrogens with zero attached hydrogens (tertiary/aromatic N) is 2. The van der Waals surface area contributed by atoms with Crippen LogP contribution < -0.4 is 9.64 Å². The SMILES string of the molecule is Cc1nc(-c2ccc3c(c2)N(CCC(=O)O)C(=O)CO3)cs1. The van der Waals surface area contributed by atoms with Crippen LogP contribution in [0.15, 0.2) is 23.6 Å². The molecule has 22 heavy (non-hydrogen) atoms. The molecule has 7 heteroatoms. The summed E-state index contributed by atoms with van der Waals surface area (Å²) in [7, 11) is 0. The van der Waals surface area contributed by atoms with Gasteiger partial charge in [-0.2, -0.15) is 0 Å². The predicted molar refractivity (Wildman–Crippen MR) is 82.4 cm³/mol. The summed E-state index contributed by atoms with van der Waals surface area (Å²) in [6.07, 6.45) is -0.106. The van der Waals surface area contributed by atoms with E-state index in [2.05, 4.69) is 4.98 Å². The third-order valence-electron chi connectivity index (χ3n) is 3.37. The molecule has 6 nitrogen and oxygen atoms in total. The lowest BCUT2D eigenvalue weighted by molar-refractivity contribution is -0.136. The normalized spacial score (nSPS) is 13.7. The van der Waals surface area contributed by atoms with Crippen molar-refractivity contribution in [2.45, 2.75) is 13.3 Å². The molecular weight excluding hydrogens is 304 g/mol. The van der Waals surface area contributed by atoms with Crippen LogP contribution in [-0.4, -0.2) is 35.1 Å². The molecule has 0 radical (unpaired) electrons. The first-order valence-electron chi connectivity index (χ1n) is 6.76. The molecule has 1 aliphatic rings. The van der Waals surface area contributed by atoms with Crippen molar-refractivity contribution >= 4 is 28.9 Å². The smallest absolute Gasteiger partial charge is 0.305 e. The van der Waals surface area contributed by atoms with Crippen molar-refractivity contribution < 1.29 is 19.4 Å². The Morgan fingerprint density at radius 3 is 3.00 bits per heavy atom. The Morgan fingerprint density at radius 2 is 2.32 bits per heavy atom. The van der Waals surface area contributed by atoms with Crippen molar-refractivity contribution in [3.63, 3.8) is 0 Å². The number of hydrogen-bond donors (Lipinski definition) is 1. The zero-order valence-corrected chi connectivity index (χ0v) is 12.7. The minimum Gasteiger partial charge on any atom is -0.482 e. The topological polar surface area (TPSA) is 79.7 Å². The van der Waals surface area contributed by atoms with Gasteiger partial charge in [-0.05, 0) is 25.1 Å². The maximum absolute atomic E-state index is 12.0. The van der Waals surface area contributed by atoms with Crippen molar-refractivity contribution in [1.82, 2.24) is 4.98 Å². The van der Waals surface area contributed by atoms with Gasteiger partial charge < -0.3 is 14.7 Å². The van der Waals surface area contributed by atoms with Gasteiger partial charge in [0.25, 0.3) is 5.91 Å². The average Bonchev–Trinajstić information content (AvgIpc) is 2.92. The number of carbonyl (C=O) groups is 2. The zero-order valence-electron chi connectivity index (χ0n) is 11.9. The minimum atomic E-state index is -0.938. The fourth-order valence-corrected chi connectivity index (χ4v) is 2.93. The second kappa shape index (κ2) is 5.76. The number of amides is 1. The molecular formula is C15H14N2O4S. The van der Waals surface area contributed by atoms with Crippen LogP contribution in [0.25, 0.3) is 11.3 Å². The minimum absolute atomic E-state index is 0.0677. The maximum Gasteiger partial charge on any atom is 0.305 e. The third-order valence-corrected chi connectivity index (χ3v) is 4.14. The molecule has 1 aliphatic heterocycles. The van der Waals surface area contributed by atoms with Crippen LogP contribution in [0, 0.1) is 6.92 Å². The molecule has 0 bridgehead atoms. The van der Waals surface area contributed by atoms with Crippen molar-refractivity contribution in [1.29, 1.82) is 0 Å². The van der Waals surface area contributed by atoms with Gasteiger partial charge in [0.05, 0.1) is 22.8 Å². The Balaban J connectivity index is 1.97. The molecule has 0 aliphatic carbocycles. The molecule has 0 saturated heterocycles. The number of aromatic nitrogens is 1. The van der Waals surface area contributed by atoms with E-state index in [0.29, 0.717) is 11.4 Å². The number of hydrogen-bond acceptors (Lipinski definition) is 5. The zero-order chi connectivity index (χ0) is 15.7. The summed E-state index contributed by atoms with van der Waals surface area (Å²) in [6, 6.07) is 5.50. The lowest BCUT2D eigenvalue weighted by Gasteiger charge is -2.29. The maximum atomic E-state index is 12.0. The Labute approximate surface area is 131 Å². The third kappa shape index (κ3) is 2.80. The van der Waals surface area contributed by atoms with Gasteiger partial charge in [0.1, 0.15) is 5.75 Å². The Bertz CT molecular complexity index is 741. The van der Waals surface area contributed by atoms with E-state index in [-0.39, 0.29) is 25.5 Å². The van der Waals surface area contributed by atoms with Crippen LogP contribution >= 0.6 is 11.3 Å². The first kappa shape index (κ1) is 14.5. The summed E-state index contributed by atoms with van der Waals surface area (Å²) in [5.41, 5.74) is 2.31. The number of carboxylic acid groups (broad SMARTS) is 1. The van der Waals surface area contributed by atoms with E-state index in [1.165, 1.54) is 4.90 Å². The number of benzene rings is 1. The van der Waals surface area contributed by atoms with Crippen LogP contribution in [0.1, 0.15) is 11.4 Å². The van der Waals surface area contributed by atoms with Crippen LogP contribution in [0.5, 0.6) is 5.75 Å². The highest BCUT2D eigenvalue weighted by atomic mass is 32.1. The highest BCUT2D eigenvalue weighted by Gasteiger charge is 2.26. The van der Waals surface area contributed by atoms with E-state index in [1.54, 1.807) is 17.4 Å². The summed E-state index contributed by atoms with van der Waals surface area (Å²) in [6.45, 7) is 1.99. The van der Waals surface area contributed by atoms with Gasteiger partial charge >= 0.3 is 5.97 Å².